The number of aryl methyl sites for hydroxylation is 1. The number of aromatic nitrogens is 5. The first-order chi connectivity index (χ1) is 12.5. The molecule has 1 aliphatic carbocycles. The number of nitrogens with zero attached hydrogens (tertiary/aromatic N) is 5. The van der Waals surface area contributed by atoms with Gasteiger partial charge in [0.05, 0.1) is 12.2 Å². The molecule has 0 atom stereocenters. The maximum Gasteiger partial charge on any atom is 0.177 e. The van der Waals surface area contributed by atoms with Gasteiger partial charge in [0.15, 0.2) is 11.6 Å². The lowest BCUT2D eigenvalue weighted by Gasteiger charge is -2.07. The largest absolute Gasteiger partial charge is 0.262 e. The number of halogens is 1. The zero-order valence-corrected chi connectivity index (χ0v) is 15.5. The number of hydrogen-bond donors (Lipinski definition) is 0. The van der Waals surface area contributed by atoms with E-state index in [1.54, 1.807) is 12.1 Å². The maximum absolute atomic E-state index is 13.2. The molecule has 2 heterocycles. The molecule has 1 fully saturated rings. The minimum atomic E-state index is -0.225. The third-order valence-electron chi connectivity index (χ3n) is 4.80. The van der Waals surface area contributed by atoms with Crippen LogP contribution in [-0.2, 0) is 13.1 Å². The summed E-state index contributed by atoms with van der Waals surface area (Å²) >= 11 is 0. The highest BCUT2D eigenvalue weighted by atomic mass is 19.1. The molecule has 4 rings (SSSR count). The molecule has 5 nitrogen and oxygen atoms in total. The van der Waals surface area contributed by atoms with Crippen molar-refractivity contribution >= 4 is 0 Å². The van der Waals surface area contributed by atoms with Gasteiger partial charge in [0.1, 0.15) is 11.5 Å². The van der Waals surface area contributed by atoms with E-state index >= 15 is 0 Å². The Morgan fingerprint density at radius 1 is 1.12 bits per heavy atom. The quantitative estimate of drug-likeness (QED) is 0.662. The van der Waals surface area contributed by atoms with Gasteiger partial charge in [-0.1, -0.05) is 26.0 Å². The van der Waals surface area contributed by atoms with Crippen molar-refractivity contribution in [3.8, 4) is 11.5 Å². The zero-order valence-electron chi connectivity index (χ0n) is 15.5. The van der Waals surface area contributed by atoms with Gasteiger partial charge in [-0.2, -0.15) is 10.2 Å². The average Bonchev–Trinajstić information content (AvgIpc) is 3.25. The lowest BCUT2D eigenvalue weighted by atomic mass is 10.1. The number of rotatable bonds is 6. The van der Waals surface area contributed by atoms with Crippen molar-refractivity contribution in [3.05, 3.63) is 53.2 Å². The minimum Gasteiger partial charge on any atom is -0.262 e. The monoisotopic (exact) mass is 353 g/mol. The van der Waals surface area contributed by atoms with Crippen LogP contribution in [0.4, 0.5) is 4.39 Å². The lowest BCUT2D eigenvalue weighted by Crippen LogP contribution is -2.08. The highest BCUT2D eigenvalue weighted by Gasteiger charge is 2.30. The van der Waals surface area contributed by atoms with Crippen LogP contribution in [0.5, 0.6) is 0 Å². The lowest BCUT2D eigenvalue weighted by molar-refractivity contribution is 0.620. The van der Waals surface area contributed by atoms with E-state index in [0.717, 1.165) is 48.0 Å². The van der Waals surface area contributed by atoms with E-state index in [9.17, 15) is 4.39 Å². The summed E-state index contributed by atoms with van der Waals surface area (Å²) in [4.78, 5) is 4.85. The van der Waals surface area contributed by atoms with E-state index in [2.05, 4.69) is 26.8 Å². The standard InChI is InChI=1S/C20H24FN5/c1-4-25-18(11-17(23-25)13(2)3)20-22-19(15-7-8-15)24-26(20)12-14-5-9-16(21)10-6-14/h5-6,9-11,13,15H,4,7-8,12H2,1-3H3. The summed E-state index contributed by atoms with van der Waals surface area (Å²) in [7, 11) is 0. The van der Waals surface area contributed by atoms with E-state index in [1.807, 2.05) is 9.36 Å². The van der Waals surface area contributed by atoms with Gasteiger partial charge in [-0.3, -0.25) is 4.68 Å². The fraction of sp³-hybridized carbons (Fsp3) is 0.450. The summed E-state index contributed by atoms with van der Waals surface area (Å²) in [5, 5.41) is 9.49. The van der Waals surface area contributed by atoms with Crippen molar-refractivity contribution in [2.75, 3.05) is 0 Å². The smallest absolute Gasteiger partial charge is 0.177 e. The van der Waals surface area contributed by atoms with Gasteiger partial charge in [0.2, 0.25) is 0 Å². The van der Waals surface area contributed by atoms with Crippen LogP contribution < -0.4 is 0 Å². The van der Waals surface area contributed by atoms with Crippen molar-refractivity contribution in [2.24, 2.45) is 0 Å². The van der Waals surface area contributed by atoms with E-state index in [0.29, 0.717) is 18.4 Å². The molecule has 2 aromatic heterocycles. The third-order valence-corrected chi connectivity index (χ3v) is 4.80. The number of hydrogen-bond acceptors (Lipinski definition) is 3. The molecule has 0 N–H and O–H groups in total. The first-order valence-corrected chi connectivity index (χ1v) is 9.32. The molecule has 136 valence electrons. The Labute approximate surface area is 152 Å². The third kappa shape index (κ3) is 3.28. The predicted molar refractivity (Wildman–Crippen MR) is 98.5 cm³/mol. The van der Waals surface area contributed by atoms with E-state index in [-0.39, 0.29) is 5.82 Å². The highest BCUT2D eigenvalue weighted by Crippen LogP contribution is 2.39. The van der Waals surface area contributed by atoms with E-state index < -0.39 is 0 Å². The van der Waals surface area contributed by atoms with Gasteiger partial charge in [0.25, 0.3) is 0 Å². The van der Waals surface area contributed by atoms with Crippen LogP contribution in [0.25, 0.3) is 11.5 Å². The second-order valence-corrected chi connectivity index (χ2v) is 7.28. The fourth-order valence-corrected chi connectivity index (χ4v) is 3.08. The predicted octanol–water partition coefficient (Wildman–Crippen LogP) is 4.35. The SMILES string of the molecule is CCn1nc(C(C)C)cc1-c1nc(C2CC2)nn1Cc1ccc(F)cc1. The Bertz CT molecular complexity index is 903. The Balaban J connectivity index is 1.76. The van der Waals surface area contributed by atoms with Gasteiger partial charge < -0.3 is 0 Å². The summed E-state index contributed by atoms with van der Waals surface area (Å²) < 4.78 is 17.2. The molecular formula is C20H24FN5. The maximum atomic E-state index is 13.2. The molecule has 3 aromatic rings. The Morgan fingerprint density at radius 2 is 1.85 bits per heavy atom. The molecule has 1 aromatic carbocycles. The summed E-state index contributed by atoms with van der Waals surface area (Å²) in [5.74, 6) is 2.37. The zero-order chi connectivity index (χ0) is 18.3. The van der Waals surface area contributed by atoms with Crippen molar-refractivity contribution in [3.63, 3.8) is 0 Å². The Morgan fingerprint density at radius 3 is 2.46 bits per heavy atom. The summed E-state index contributed by atoms with van der Waals surface area (Å²) in [5.41, 5.74) is 3.07. The van der Waals surface area contributed by atoms with Crippen LogP contribution in [0.2, 0.25) is 0 Å². The Hall–Kier alpha value is -2.50. The molecular weight excluding hydrogens is 329 g/mol. The first-order valence-electron chi connectivity index (χ1n) is 9.32. The summed E-state index contributed by atoms with van der Waals surface area (Å²) in [6, 6.07) is 8.69. The molecule has 26 heavy (non-hydrogen) atoms. The van der Waals surface area contributed by atoms with Crippen molar-refractivity contribution in [1.29, 1.82) is 0 Å². The van der Waals surface area contributed by atoms with Gasteiger partial charge in [-0.05, 0) is 49.4 Å². The molecule has 0 aliphatic heterocycles. The van der Waals surface area contributed by atoms with Crippen LogP contribution in [0.1, 0.15) is 62.5 Å². The van der Waals surface area contributed by atoms with Crippen LogP contribution in [0.3, 0.4) is 0 Å². The van der Waals surface area contributed by atoms with Crippen LogP contribution in [-0.4, -0.2) is 24.5 Å². The Kier molecular flexibility index (Phi) is 4.34. The van der Waals surface area contributed by atoms with Gasteiger partial charge in [0, 0.05) is 12.5 Å². The van der Waals surface area contributed by atoms with Crippen LogP contribution in [0.15, 0.2) is 30.3 Å². The van der Waals surface area contributed by atoms with Gasteiger partial charge in [-0.25, -0.2) is 14.1 Å². The second-order valence-electron chi connectivity index (χ2n) is 7.28. The van der Waals surface area contributed by atoms with Crippen molar-refractivity contribution in [1.82, 2.24) is 24.5 Å². The highest BCUT2D eigenvalue weighted by molar-refractivity contribution is 5.52. The van der Waals surface area contributed by atoms with Gasteiger partial charge in [-0.15, -0.1) is 0 Å². The minimum absolute atomic E-state index is 0.225. The fourth-order valence-electron chi connectivity index (χ4n) is 3.08. The van der Waals surface area contributed by atoms with E-state index in [1.165, 1.54) is 12.1 Å². The summed E-state index contributed by atoms with van der Waals surface area (Å²) in [6.45, 7) is 7.73. The average molecular weight is 353 g/mol. The van der Waals surface area contributed by atoms with Crippen LogP contribution in [0, 0.1) is 5.82 Å². The molecule has 0 radical (unpaired) electrons. The molecule has 0 bridgehead atoms. The van der Waals surface area contributed by atoms with Crippen LogP contribution >= 0.6 is 0 Å². The van der Waals surface area contributed by atoms with E-state index in [4.69, 9.17) is 15.2 Å². The summed E-state index contributed by atoms with van der Waals surface area (Å²) in [6.07, 6.45) is 2.31. The molecule has 1 saturated carbocycles. The molecule has 0 saturated heterocycles. The molecule has 1 aliphatic rings. The molecule has 0 unspecified atom stereocenters. The molecule has 6 heteroatoms. The first kappa shape index (κ1) is 16.9. The van der Waals surface area contributed by atoms with Crippen molar-refractivity contribution < 1.29 is 4.39 Å². The van der Waals surface area contributed by atoms with Gasteiger partial charge >= 0.3 is 0 Å². The second kappa shape index (κ2) is 6.67. The molecule has 0 spiro atoms. The normalized spacial score (nSPS) is 14.3. The number of benzene rings is 1. The van der Waals surface area contributed by atoms with Crippen molar-refractivity contribution in [2.45, 2.75) is 58.5 Å². The molecule has 0 amide bonds. The topological polar surface area (TPSA) is 48.5 Å².